The maximum absolute atomic E-state index is 13.2. The van der Waals surface area contributed by atoms with E-state index < -0.39 is 0 Å². The van der Waals surface area contributed by atoms with Gasteiger partial charge in [0.05, 0.1) is 18.2 Å². The summed E-state index contributed by atoms with van der Waals surface area (Å²) in [6.45, 7) is 4.01. The standard InChI is InChI=1S/C30H32Cl2N4O2/c1-35(29(37)34-28-18-26(31)17-27(32)19-28)21-30(10-12-36(13-11-30)14-15-38-2)25-8-6-23(7-9-25)24-5-3-4-22(16-24)20-33/h3-9,16-19H,10-15,21H2,1-2H3,(H,34,37). The van der Waals surface area contributed by atoms with Gasteiger partial charge in [-0.25, -0.2) is 4.79 Å². The van der Waals surface area contributed by atoms with Crippen LogP contribution in [0.4, 0.5) is 10.5 Å². The fraction of sp³-hybridized carbons (Fsp3) is 0.333. The van der Waals surface area contributed by atoms with E-state index in [1.54, 1.807) is 30.2 Å². The molecule has 0 saturated carbocycles. The molecular formula is C30H32Cl2N4O2. The highest BCUT2D eigenvalue weighted by molar-refractivity contribution is 6.35. The normalized spacial score (nSPS) is 15.0. The van der Waals surface area contributed by atoms with Gasteiger partial charge >= 0.3 is 6.03 Å². The number of likely N-dealkylation sites (tertiary alicyclic amines) is 1. The van der Waals surface area contributed by atoms with Crippen molar-refractivity contribution >= 4 is 34.9 Å². The molecule has 1 saturated heterocycles. The van der Waals surface area contributed by atoms with Crippen molar-refractivity contribution in [3.8, 4) is 17.2 Å². The van der Waals surface area contributed by atoms with Gasteiger partial charge in [-0.2, -0.15) is 5.26 Å². The van der Waals surface area contributed by atoms with Crippen LogP contribution in [0, 0.1) is 11.3 Å². The van der Waals surface area contributed by atoms with Gasteiger partial charge in [0.15, 0.2) is 0 Å². The van der Waals surface area contributed by atoms with E-state index in [-0.39, 0.29) is 11.4 Å². The summed E-state index contributed by atoms with van der Waals surface area (Å²) >= 11 is 12.2. The summed E-state index contributed by atoms with van der Waals surface area (Å²) in [6.07, 6.45) is 1.83. The minimum Gasteiger partial charge on any atom is -0.383 e. The molecule has 4 rings (SSSR count). The van der Waals surface area contributed by atoms with Crippen LogP contribution >= 0.6 is 23.2 Å². The topological polar surface area (TPSA) is 68.6 Å². The Labute approximate surface area is 234 Å². The molecule has 0 unspecified atom stereocenters. The molecule has 0 aromatic heterocycles. The number of carbonyl (C=O) groups is 1. The van der Waals surface area contributed by atoms with E-state index in [4.69, 9.17) is 27.9 Å². The molecule has 0 radical (unpaired) electrons. The van der Waals surface area contributed by atoms with Gasteiger partial charge in [0, 0.05) is 48.4 Å². The molecule has 1 fully saturated rings. The number of urea groups is 1. The molecule has 0 bridgehead atoms. The van der Waals surface area contributed by atoms with Crippen LogP contribution < -0.4 is 5.32 Å². The average molecular weight is 552 g/mol. The van der Waals surface area contributed by atoms with Crippen molar-refractivity contribution in [2.75, 3.05) is 52.3 Å². The minimum absolute atomic E-state index is 0.200. The van der Waals surface area contributed by atoms with Crippen molar-refractivity contribution < 1.29 is 9.53 Å². The zero-order valence-corrected chi connectivity index (χ0v) is 23.2. The first-order valence-electron chi connectivity index (χ1n) is 12.6. The Morgan fingerprint density at radius 2 is 1.74 bits per heavy atom. The third kappa shape index (κ3) is 6.86. The highest BCUT2D eigenvalue weighted by Gasteiger charge is 2.38. The molecule has 198 valence electrons. The molecule has 2 amide bonds. The molecule has 0 spiro atoms. The van der Waals surface area contributed by atoms with Gasteiger partial charge < -0.3 is 19.9 Å². The first-order valence-corrected chi connectivity index (χ1v) is 13.4. The molecule has 3 aromatic carbocycles. The molecule has 0 atom stereocenters. The Bertz CT molecular complexity index is 1280. The first kappa shape index (κ1) is 27.9. The molecule has 38 heavy (non-hydrogen) atoms. The van der Waals surface area contributed by atoms with Gasteiger partial charge in [0.2, 0.25) is 0 Å². The van der Waals surface area contributed by atoms with Gasteiger partial charge in [-0.1, -0.05) is 59.6 Å². The van der Waals surface area contributed by atoms with E-state index in [2.05, 4.69) is 40.6 Å². The van der Waals surface area contributed by atoms with E-state index in [0.29, 0.717) is 34.4 Å². The van der Waals surface area contributed by atoms with E-state index >= 15 is 0 Å². The number of likely N-dealkylation sites (N-methyl/N-ethyl adjacent to an activating group) is 1. The fourth-order valence-corrected chi connectivity index (χ4v) is 5.64. The van der Waals surface area contributed by atoms with E-state index in [0.717, 1.165) is 43.6 Å². The molecule has 1 aliphatic heterocycles. The highest BCUT2D eigenvalue weighted by atomic mass is 35.5. The molecule has 0 aliphatic carbocycles. The number of ether oxygens (including phenoxy) is 1. The van der Waals surface area contributed by atoms with Crippen molar-refractivity contribution in [1.29, 1.82) is 5.26 Å². The summed E-state index contributed by atoms with van der Waals surface area (Å²) in [6, 6.07) is 23.2. The molecule has 6 nitrogen and oxygen atoms in total. The van der Waals surface area contributed by atoms with Crippen LogP contribution in [0.3, 0.4) is 0 Å². The summed E-state index contributed by atoms with van der Waals surface area (Å²) in [7, 11) is 3.55. The van der Waals surface area contributed by atoms with Crippen molar-refractivity contribution in [1.82, 2.24) is 9.80 Å². The Hall–Kier alpha value is -3.08. The number of methoxy groups -OCH3 is 1. The zero-order chi connectivity index (χ0) is 27.1. The number of nitrogens with zero attached hydrogens (tertiary/aromatic N) is 3. The number of piperidine rings is 1. The number of hydrogen-bond donors (Lipinski definition) is 1. The maximum atomic E-state index is 13.2. The summed E-state index contributed by atoms with van der Waals surface area (Å²) < 4.78 is 5.28. The van der Waals surface area contributed by atoms with E-state index in [1.807, 2.05) is 31.3 Å². The third-order valence-electron chi connectivity index (χ3n) is 7.25. The number of nitrogens with one attached hydrogen (secondary N) is 1. The molecule has 8 heteroatoms. The molecule has 1 N–H and O–H groups in total. The number of halogens is 2. The van der Waals surface area contributed by atoms with Crippen LogP contribution in [0.25, 0.3) is 11.1 Å². The quantitative estimate of drug-likeness (QED) is 0.339. The number of anilines is 1. The van der Waals surface area contributed by atoms with Crippen molar-refractivity contribution in [2.24, 2.45) is 0 Å². The number of carbonyl (C=O) groups excluding carboxylic acids is 1. The highest BCUT2D eigenvalue weighted by Crippen LogP contribution is 2.37. The summed E-state index contributed by atoms with van der Waals surface area (Å²) in [5, 5.41) is 13.1. The lowest BCUT2D eigenvalue weighted by Gasteiger charge is -2.44. The Kier molecular flexibility index (Phi) is 9.30. The lowest BCUT2D eigenvalue weighted by atomic mass is 9.72. The smallest absolute Gasteiger partial charge is 0.321 e. The predicted octanol–water partition coefficient (Wildman–Crippen LogP) is 6.68. The van der Waals surface area contributed by atoms with Crippen molar-refractivity contribution in [3.63, 3.8) is 0 Å². The summed E-state index contributed by atoms with van der Waals surface area (Å²) in [5.74, 6) is 0. The van der Waals surface area contributed by atoms with Gasteiger partial charge in [-0.15, -0.1) is 0 Å². The second-order valence-electron chi connectivity index (χ2n) is 9.83. The molecule has 1 heterocycles. The predicted molar refractivity (Wildman–Crippen MR) is 154 cm³/mol. The van der Waals surface area contributed by atoms with Crippen LogP contribution in [0.15, 0.2) is 66.7 Å². The lowest BCUT2D eigenvalue weighted by Crippen LogP contribution is -2.50. The SMILES string of the molecule is COCCN1CCC(CN(C)C(=O)Nc2cc(Cl)cc(Cl)c2)(c2ccc(-c3cccc(C#N)c3)cc2)CC1. The number of rotatable bonds is 8. The summed E-state index contributed by atoms with van der Waals surface area (Å²) in [4.78, 5) is 17.3. The number of amides is 2. The second-order valence-corrected chi connectivity index (χ2v) is 10.7. The van der Waals surface area contributed by atoms with E-state index in [9.17, 15) is 10.1 Å². The van der Waals surface area contributed by atoms with Gasteiger partial charge in [0.1, 0.15) is 0 Å². The van der Waals surface area contributed by atoms with Crippen LogP contribution in [0.5, 0.6) is 0 Å². The number of hydrogen-bond acceptors (Lipinski definition) is 4. The Balaban J connectivity index is 1.56. The number of benzene rings is 3. The largest absolute Gasteiger partial charge is 0.383 e. The zero-order valence-electron chi connectivity index (χ0n) is 21.7. The minimum atomic E-state index is -0.213. The maximum Gasteiger partial charge on any atom is 0.321 e. The van der Waals surface area contributed by atoms with Gasteiger partial charge in [0.25, 0.3) is 0 Å². The van der Waals surface area contributed by atoms with Crippen molar-refractivity contribution in [3.05, 3.63) is 87.9 Å². The fourth-order valence-electron chi connectivity index (χ4n) is 5.12. The molecular weight excluding hydrogens is 519 g/mol. The first-order chi connectivity index (χ1) is 18.3. The molecule has 1 aliphatic rings. The van der Waals surface area contributed by atoms with Crippen molar-refractivity contribution in [2.45, 2.75) is 18.3 Å². The Morgan fingerprint density at radius 1 is 1.05 bits per heavy atom. The van der Waals surface area contributed by atoms with Crippen LogP contribution in [-0.4, -0.2) is 62.8 Å². The molecule has 3 aromatic rings. The average Bonchev–Trinajstić information content (AvgIpc) is 2.92. The lowest BCUT2D eigenvalue weighted by molar-refractivity contribution is 0.0992. The second kappa shape index (κ2) is 12.6. The summed E-state index contributed by atoms with van der Waals surface area (Å²) in [5.41, 5.74) is 4.27. The van der Waals surface area contributed by atoms with Gasteiger partial charge in [-0.3, -0.25) is 0 Å². The van der Waals surface area contributed by atoms with Crippen LogP contribution in [0.2, 0.25) is 10.0 Å². The van der Waals surface area contributed by atoms with Crippen LogP contribution in [0.1, 0.15) is 24.0 Å². The van der Waals surface area contributed by atoms with Gasteiger partial charge in [-0.05, 0) is 73.0 Å². The third-order valence-corrected chi connectivity index (χ3v) is 7.68. The van der Waals surface area contributed by atoms with Crippen LogP contribution in [-0.2, 0) is 10.2 Å². The van der Waals surface area contributed by atoms with E-state index in [1.165, 1.54) is 5.56 Å². The number of nitriles is 1. The monoisotopic (exact) mass is 550 g/mol. The Morgan fingerprint density at radius 3 is 2.37 bits per heavy atom.